The van der Waals surface area contributed by atoms with Gasteiger partial charge in [0, 0.05) is 24.3 Å². The molecule has 0 atom stereocenters. The van der Waals surface area contributed by atoms with Crippen LogP contribution in [0.5, 0.6) is 0 Å². The van der Waals surface area contributed by atoms with Crippen LogP contribution in [0.1, 0.15) is 30.1 Å². The van der Waals surface area contributed by atoms with Crippen LogP contribution in [0.25, 0.3) is 0 Å². The van der Waals surface area contributed by atoms with Gasteiger partial charge >= 0.3 is 0 Å². The van der Waals surface area contributed by atoms with E-state index in [1.807, 2.05) is 4.90 Å². The number of benzene rings is 1. The smallest absolute Gasteiger partial charge is 0.150 e. The van der Waals surface area contributed by atoms with Crippen molar-refractivity contribution in [3.05, 3.63) is 29.6 Å². The first kappa shape index (κ1) is 13.6. The average Bonchev–Trinajstić information content (AvgIpc) is 2.33. The third kappa shape index (κ3) is 4.15. The molecule has 0 spiro atoms. The predicted molar refractivity (Wildman–Crippen MR) is 66.0 cm³/mol. The Morgan fingerprint density at radius 1 is 1.35 bits per heavy atom. The molecule has 1 N–H and O–H groups in total. The molecule has 0 unspecified atom stereocenters. The van der Waals surface area contributed by atoms with Crippen molar-refractivity contribution in [3.63, 3.8) is 0 Å². The van der Waals surface area contributed by atoms with E-state index in [4.69, 9.17) is 5.11 Å². The van der Waals surface area contributed by atoms with Crippen molar-refractivity contribution in [3.8, 4) is 0 Å². The fourth-order valence-corrected chi connectivity index (χ4v) is 1.69. The largest absolute Gasteiger partial charge is 0.395 e. The van der Waals surface area contributed by atoms with Crippen LogP contribution in [0.3, 0.4) is 0 Å². The molecule has 0 fully saturated rings. The lowest BCUT2D eigenvalue weighted by Gasteiger charge is -2.24. The number of aldehydes is 1. The summed E-state index contributed by atoms with van der Waals surface area (Å²) in [7, 11) is 0. The molecule has 1 aromatic carbocycles. The van der Waals surface area contributed by atoms with Gasteiger partial charge in [0.05, 0.1) is 6.61 Å². The standard InChI is InChI=1S/C13H18FNO2/c1-2-3-4-15(5-6-16)13-8-11(10-17)7-12(14)9-13/h7-10,16H,2-6H2,1H3. The second kappa shape index (κ2) is 7.01. The first-order valence-electron chi connectivity index (χ1n) is 5.82. The second-order valence-electron chi connectivity index (χ2n) is 3.92. The zero-order chi connectivity index (χ0) is 12.7. The van der Waals surface area contributed by atoms with Crippen molar-refractivity contribution in [2.75, 3.05) is 24.6 Å². The maximum atomic E-state index is 13.3. The molecule has 1 rings (SSSR count). The van der Waals surface area contributed by atoms with E-state index in [2.05, 4.69) is 6.92 Å². The number of carbonyl (C=O) groups excluding carboxylic acids is 1. The molecule has 0 amide bonds. The Morgan fingerprint density at radius 3 is 2.71 bits per heavy atom. The summed E-state index contributed by atoms with van der Waals surface area (Å²) in [6.07, 6.45) is 2.62. The number of unbranched alkanes of at least 4 members (excludes halogenated alkanes) is 1. The fourth-order valence-electron chi connectivity index (χ4n) is 1.69. The minimum Gasteiger partial charge on any atom is -0.395 e. The summed E-state index contributed by atoms with van der Waals surface area (Å²) < 4.78 is 13.3. The van der Waals surface area contributed by atoms with E-state index < -0.39 is 5.82 Å². The van der Waals surface area contributed by atoms with Crippen LogP contribution in [0.4, 0.5) is 10.1 Å². The molecule has 4 heteroatoms. The van der Waals surface area contributed by atoms with Crippen LogP contribution >= 0.6 is 0 Å². The zero-order valence-electron chi connectivity index (χ0n) is 10.0. The van der Waals surface area contributed by atoms with E-state index in [-0.39, 0.29) is 6.61 Å². The highest BCUT2D eigenvalue weighted by Gasteiger charge is 2.08. The summed E-state index contributed by atoms with van der Waals surface area (Å²) in [6.45, 7) is 3.27. The van der Waals surface area contributed by atoms with E-state index >= 15 is 0 Å². The van der Waals surface area contributed by atoms with Gasteiger partial charge in [0.15, 0.2) is 0 Å². The van der Waals surface area contributed by atoms with Crippen LogP contribution in [-0.2, 0) is 0 Å². The Balaban J connectivity index is 2.91. The lowest BCUT2D eigenvalue weighted by molar-refractivity contribution is 0.112. The van der Waals surface area contributed by atoms with Gasteiger partial charge in [-0.1, -0.05) is 13.3 Å². The number of hydrogen-bond acceptors (Lipinski definition) is 3. The number of anilines is 1. The predicted octanol–water partition coefficient (Wildman–Crippen LogP) is 2.24. The molecule has 94 valence electrons. The molecule has 0 heterocycles. The van der Waals surface area contributed by atoms with Gasteiger partial charge in [-0.2, -0.15) is 0 Å². The molecule has 0 aliphatic rings. The summed E-state index contributed by atoms with van der Waals surface area (Å²) in [6, 6.07) is 4.23. The van der Waals surface area contributed by atoms with Gasteiger partial charge in [0.25, 0.3) is 0 Å². The third-order valence-corrected chi connectivity index (χ3v) is 2.56. The Morgan fingerprint density at radius 2 is 2.12 bits per heavy atom. The Hall–Kier alpha value is -1.42. The quantitative estimate of drug-likeness (QED) is 0.742. The maximum Gasteiger partial charge on any atom is 0.150 e. The first-order chi connectivity index (χ1) is 8.21. The van der Waals surface area contributed by atoms with Crippen molar-refractivity contribution in [1.82, 2.24) is 0 Å². The number of rotatable bonds is 7. The molecular weight excluding hydrogens is 221 g/mol. The second-order valence-corrected chi connectivity index (χ2v) is 3.92. The van der Waals surface area contributed by atoms with Crippen molar-refractivity contribution in [2.24, 2.45) is 0 Å². The molecule has 1 aromatic rings. The summed E-state index contributed by atoms with van der Waals surface area (Å²) in [5.41, 5.74) is 0.967. The van der Waals surface area contributed by atoms with E-state index in [1.165, 1.54) is 12.1 Å². The van der Waals surface area contributed by atoms with Gasteiger partial charge in [-0.15, -0.1) is 0 Å². The summed E-state index contributed by atoms with van der Waals surface area (Å²) >= 11 is 0. The van der Waals surface area contributed by atoms with Crippen molar-refractivity contribution in [1.29, 1.82) is 0 Å². The molecule has 0 saturated carbocycles. The van der Waals surface area contributed by atoms with Crippen LogP contribution in [-0.4, -0.2) is 31.1 Å². The number of aliphatic hydroxyl groups is 1. The van der Waals surface area contributed by atoms with Gasteiger partial charge in [0.2, 0.25) is 0 Å². The molecule has 0 aliphatic heterocycles. The number of halogens is 1. The van der Waals surface area contributed by atoms with E-state index in [0.717, 1.165) is 19.4 Å². The molecule has 17 heavy (non-hydrogen) atoms. The first-order valence-corrected chi connectivity index (χ1v) is 5.82. The van der Waals surface area contributed by atoms with Crippen LogP contribution in [0.15, 0.2) is 18.2 Å². The van der Waals surface area contributed by atoms with E-state index in [1.54, 1.807) is 6.07 Å². The number of carbonyl (C=O) groups is 1. The highest BCUT2D eigenvalue weighted by molar-refractivity contribution is 5.77. The maximum absolute atomic E-state index is 13.3. The number of hydrogen-bond donors (Lipinski definition) is 1. The zero-order valence-corrected chi connectivity index (χ0v) is 10.0. The summed E-state index contributed by atoms with van der Waals surface area (Å²) in [5, 5.41) is 8.99. The Labute approximate surface area is 101 Å². The lowest BCUT2D eigenvalue weighted by Crippen LogP contribution is -2.27. The lowest BCUT2D eigenvalue weighted by atomic mass is 10.2. The summed E-state index contributed by atoms with van der Waals surface area (Å²) in [5.74, 6) is -0.427. The molecule has 0 aliphatic carbocycles. The SMILES string of the molecule is CCCCN(CCO)c1cc(F)cc(C=O)c1. The van der Waals surface area contributed by atoms with Crippen molar-refractivity contribution < 1.29 is 14.3 Å². The highest BCUT2D eigenvalue weighted by Crippen LogP contribution is 2.18. The third-order valence-electron chi connectivity index (χ3n) is 2.56. The summed E-state index contributed by atoms with van der Waals surface area (Å²) in [4.78, 5) is 12.6. The van der Waals surface area contributed by atoms with Crippen molar-refractivity contribution >= 4 is 12.0 Å². The molecular formula is C13H18FNO2. The van der Waals surface area contributed by atoms with Gasteiger partial charge in [-0.05, 0) is 24.6 Å². The fraction of sp³-hybridized carbons (Fsp3) is 0.462. The van der Waals surface area contributed by atoms with Gasteiger partial charge in [0.1, 0.15) is 12.1 Å². The molecule has 3 nitrogen and oxygen atoms in total. The number of nitrogens with zero attached hydrogens (tertiary/aromatic N) is 1. The minimum atomic E-state index is -0.427. The normalized spacial score (nSPS) is 10.3. The average molecular weight is 239 g/mol. The van der Waals surface area contributed by atoms with Crippen LogP contribution < -0.4 is 4.90 Å². The molecule has 0 saturated heterocycles. The molecule has 0 bridgehead atoms. The van der Waals surface area contributed by atoms with E-state index in [0.29, 0.717) is 24.1 Å². The number of aliphatic hydroxyl groups excluding tert-OH is 1. The molecule has 0 aromatic heterocycles. The highest BCUT2D eigenvalue weighted by atomic mass is 19.1. The monoisotopic (exact) mass is 239 g/mol. The topological polar surface area (TPSA) is 40.5 Å². The van der Waals surface area contributed by atoms with Crippen molar-refractivity contribution in [2.45, 2.75) is 19.8 Å². The molecule has 0 radical (unpaired) electrons. The van der Waals surface area contributed by atoms with Gasteiger partial charge in [-0.25, -0.2) is 4.39 Å². The van der Waals surface area contributed by atoms with Crippen LogP contribution in [0.2, 0.25) is 0 Å². The van der Waals surface area contributed by atoms with Gasteiger partial charge in [-0.3, -0.25) is 4.79 Å². The van der Waals surface area contributed by atoms with Gasteiger partial charge < -0.3 is 10.0 Å². The van der Waals surface area contributed by atoms with E-state index in [9.17, 15) is 9.18 Å². The van der Waals surface area contributed by atoms with Crippen LogP contribution in [0, 0.1) is 5.82 Å². The minimum absolute atomic E-state index is 0.0106. The Kier molecular flexibility index (Phi) is 5.63. The Bertz CT molecular complexity index is 368.